The Bertz CT molecular complexity index is 368. The van der Waals surface area contributed by atoms with E-state index in [2.05, 4.69) is 42.5 Å². The maximum atomic E-state index is 8.62. The van der Waals surface area contributed by atoms with Gasteiger partial charge in [0.25, 0.3) is 0 Å². The molecule has 0 saturated heterocycles. The zero-order valence-electron chi connectivity index (χ0n) is 10.4. The van der Waals surface area contributed by atoms with Crippen molar-refractivity contribution in [2.24, 2.45) is 5.92 Å². The SMILES string of the molecule is CC(C#N)CNCc1cn(C(C)(C)C)nn1. The molecule has 0 radical (unpaired) electrons. The van der Waals surface area contributed by atoms with E-state index in [1.54, 1.807) is 0 Å². The molecule has 0 aromatic carbocycles. The highest BCUT2D eigenvalue weighted by atomic mass is 15.4. The first kappa shape index (κ1) is 12.7. The summed E-state index contributed by atoms with van der Waals surface area (Å²) in [6.45, 7) is 9.46. The maximum Gasteiger partial charge on any atom is 0.0965 e. The molecule has 0 aliphatic heterocycles. The molecule has 16 heavy (non-hydrogen) atoms. The summed E-state index contributed by atoms with van der Waals surface area (Å²) in [7, 11) is 0. The van der Waals surface area contributed by atoms with E-state index >= 15 is 0 Å². The van der Waals surface area contributed by atoms with Crippen molar-refractivity contribution in [1.82, 2.24) is 20.3 Å². The predicted molar refractivity (Wildman–Crippen MR) is 61.5 cm³/mol. The van der Waals surface area contributed by atoms with Crippen LogP contribution in [0.3, 0.4) is 0 Å². The number of nitriles is 1. The van der Waals surface area contributed by atoms with Crippen molar-refractivity contribution in [2.75, 3.05) is 6.54 Å². The summed E-state index contributed by atoms with van der Waals surface area (Å²) in [5.41, 5.74) is 0.866. The van der Waals surface area contributed by atoms with Gasteiger partial charge < -0.3 is 5.32 Å². The van der Waals surface area contributed by atoms with Crippen molar-refractivity contribution in [1.29, 1.82) is 5.26 Å². The second-order valence-electron chi connectivity index (χ2n) is 4.99. The van der Waals surface area contributed by atoms with E-state index < -0.39 is 0 Å². The number of hydrogen-bond donors (Lipinski definition) is 1. The molecule has 1 N–H and O–H groups in total. The summed E-state index contributed by atoms with van der Waals surface area (Å²) in [5, 5.41) is 19.9. The topological polar surface area (TPSA) is 66.5 Å². The average molecular weight is 221 g/mol. The number of nitrogens with one attached hydrogen (secondary N) is 1. The third kappa shape index (κ3) is 3.63. The van der Waals surface area contributed by atoms with Gasteiger partial charge in [-0.15, -0.1) is 5.10 Å². The minimum absolute atomic E-state index is 0.0256. The fourth-order valence-corrected chi connectivity index (χ4v) is 1.17. The minimum atomic E-state index is -0.0365. The molecule has 0 fully saturated rings. The monoisotopic (exact) mass is 221 g/mol. The van der Waals surface area contributed by atoms with Crippen molar-refractivity contribution in [3.8, 4) is 6.07 Å². The Morgan fingerprint density at radius 2 is 2.25 bits per heavy atom. The maximum absolute atomic E-state index is 8.62. The van der Waals surface area contributed by atoms with Gasteiger partial charge in [0, 0.05) is 13.1 Å². The number of rotatable bonds is 4. The first-order valence-corrected chi connectivity index (χ1v) is 5.45. The summed E-state index contributed by atoms with van der Waals surface area (Å²) in [5.74, 6) is 0.0256. The van der Waals surface area contributed by atoms with Gasteiger partial charge in [-0.1, -0.05) is 5.21 Å². The van der Waals surface area contributed by atoms with E-state index in [4.69, 9.17) is 5.26 Å². The molecule has 0 amide bonds. The molecular weight excluding hydrogens is 202 g/mol. The van der Waals surface area contributed by atoms with Crippen molar-refractivity contribution in [2.45, 2.75) is 39.8 Å². The Balaban J connectivity index is 2.45. The smallest absolute Gasteiger partial charge is 0.0965 e. The molecule has 1 unspecified atom stereocenters. The van der Waals surface area contributed by atoms with Crippen LogP contribution < -0.4 is 5.32 Å². The van der Waals surface area contributed by atoms with Gasteiger partial charge in [0.1, 0.15) is 0 Å². The fraction of sp³-hybridized carbons (Fsp3) is 0.727. The van der Waals surface area contributed by atoms with Gasteiger partial charge in [0.2, 0.25) is 0 Å². The Morgan fingerprint density at radius 1 is 1.56 bits per heavy atom. The zero-order chi connectivity index (χ0) is 12.2. The molecular formula is C11H19N5. The van der Waals surface area contributed by atoms with Gasteiger partial charge in [-0.25, -0.2) is 4.68 Å². The Hall–Kier alpha value is -1.41. The molecule has 0 aliphatic carbocycles. The summed E-state index contributed by atoms with van der Waals surface area (Å²) in [6, 6.07) is 2.18. The van der Waals surface area contributed by atoms with Crippen LogP contribution in [0.4, 0.5) is 0 Å². The second kappa shape index (κ2) is 5.08. The third-order valence-electron chi connectivity index (χ3n) is 2.21. The largest absolute Gasteiger partial charge is 0.310 e. The van der Waals surface area contributed by atoms with Crippen LogP contribution in [0.15, 0.2) is 6.20 Å². The van der Waals surface area contributed by atoms with Crippen LogP contribution in [0.2, 0.25) is 0 Å². The lowest BCUT2D eigenvalue weighted by Gasteiger charge is -2.17. The normalized spacial score (nSPS) is 13.4. The van der Waals surface area contributed by atoms with Crippen LogP contribution in [-0.4, -0.2) is 21.5 Å². The molecule has 1 atom stereocenters. The summed E-state index contributed by atoms with van der Waals surface area (Å²) in [4.78, 5) is 0. The third-order valence-corrected chi connectivity index (χ3v) is 2.21. The second-order valence-corrected chi connectivity index (χ2v) is 4.99. The standard InChI is InChI=1S/C11H19N5/c1-9(5-12)6-13-7-10-8-16(15-14-10)11(2,3)4/h8-9,13H,6-7H2,1-4H3. The van der Waals surface area contributed by atoms with Crippen LogP contribution >= 0.6 is 0 Å². The highest BCUT2D eigenvalue weighted by Gasteiger charge is 2.14. The van der Waals surface area contributed by atoms with Crippen molar-refractivity contribution < 1.29 is 0 Å². The summed E-state index contributed by atoms with van der Waals surface area (Å²) in [6.07, 6.45) is 1.93. The Kier molecular flexibility index (Phi) is 4.02. The van der Waals surface area contributed by atoms with Crippen molar-refractivity contribution in [3.05, 3.63) is 11.9 Å². The molecule has 1 heterocycles. The molecule has 0 saturated carbocycles. The van der Waals surface area contributed by atoms with Crippen LogP contribution in [0, 0.1) is 17.2 Å². The first-order chi connectivity index (χ1) is 7.43. The van der Waals surface area contributed by atoms with E-state index in [0.717, 1.165) is 5.69 Å². The van der Waals surface area contributed by atoms with Gasteiger partial charge in [-0.3, -0.25) is 0 Å². The van der Waals surface area contributed by atoms with Crippen molar-refractivity contribution >= 4 is 0 Å². The van der Waals surface area contributed by atoms with Gasteiger partial charge in [0.15, 0.2) is 0 Å². The zero-order valence-corrected chi connectivity index (χ0v) is 10.4. The predicted octanol–water partition coefficient (Wildman–Crippen LogP) is 1.28. The van der Waals surface area contributed by atoms with E-state index in [1.165, 1.54) is 0 Å². The van der Waals surface area contributed by atoms with Gasteiger partial charge in [-0.2, -0.15) is 5.26 Å². The lowest BCUT2D eigenvalue weighted by Crippen LogP contribution is -2.22. The van der Waals surface area contributed by atoms with Gasteiger partial charge >= 0.3 is 0 Å². The quantitative estimate of drug-likeness (QED) is 0.831. The molecule has 1 aromatic heterocycles. The molecule has 5 nitrogen and oxygen atoms in total. The first-order valence-electron chi connectivity index (χ1n) is 5.45. The Labute approximate surface area is 96.5 Å². The lowest BCUT2D eigenvalue weighted by atomic mass is 10.1. The van der Waals surface area contributed by atoms with Crippen molar-refractivity contribution in [3.63, 3.8) is 0 Å². The van der Waals surface area contributed by atoms with Gasteiger partial charge in [0.05, 0.1) is 29.4 Å². The van der Waals surface area contributed by atoms with Gasteiger partial charge in [-0.05, 0) is 27.7 Å². The molecule has 0 bridgehead atoms. The molecule has 1 rings (SSSR count). The van der Waals surface area contributed by atoms with E-state index in [0.29, 0.717) is 13.1 Å². The number of hydrogen-bond acceptors (Lipinski definition) is 4. The van der Waals surface area contributed by atoms with E-state index in [9.17, 15) is 0 Å². The van der Waals surface area contributed by atoms with Crippen LogP contribution in [0.1, 0.15) is 33.4 Å². The number of aromatic nitrogens is 3. The Morgan fingerprint density at radius 3 is 2.75 bits per heavy atom. The molecule has 88 valence electrons. The molecule has 0 spiro atoms. The highest BCUT2D eigenvalue weighted by Crippen LogP contribution is 2.11. The molecule has 1 aromatic rings. The highest BCUT2D eigenvalue weighted by molar-refractivity contribution is 4.94. The summed E-state index contributed by atoms with van der Waals surface area (Å²) < 4.78 is 1.84. The van der Waals surface area contributed by atoms with Crippen LogP contribution in [-0.2, 0) is 12.1 Å². The summed E-state index contributed by atoms with van der Waals surface area (Å²) >= 11 is 0. The van der Waals surface area contributed by atoms with Crippen LogP contribution in [0.5, 0.6) is 0 Å². The molecule has 5 heteroatoms. The lowest BCUT2D eigenvalue weighted by molar-refractivity contribution is 0.347. The van der Waals surface area contributed by atoms with E-state index in [-0.39, 0.29) is 11.5 Å². The molecule has 0 aliphatic rings. The minimum Gasteiger partial charge on any atom is -0.310 e. The van der Waals surface area contributed by atoms with E-state index in [1.807, 2.05) is 17.8 Å². The fourth-order valence-electron chi connectivity index (χ4n) is 1.17. The number of nitrogens with zero attached hydrogens (tertiary/aromatic N) is 4. The average Bonchev–Trinajstić information content (AvgIpc) is 2.65. The van der Waals surface area contributed by atoms with Crippen LogP contribution in [0.25, 0.3) is 0 Å².